The molecule has 1 saturated heterocycles. The Kier molecular flexibility index (Phi) is 4.06. The monoisotopic (exact) mass is 305 g/mol. The molecule has 116 valence electrons. The van der Waals surface area contributed by atoms with E-state index in [2.05, 4.69) is 15.6 Å². The van der Waals surface area contributed by atoms with Gasteiger partial charge in [0.05, 0.1) is 24.9 Å². The Morgan fingerprint density at radius 1 is 1.55 bits per heavy atom. The molecule has 1 aliphatic heterocycles. The number of carbonyl (C=O) groups is 1. The molecule has 1 fully saturated rings. The first-order valence-electron chi connectivity index (χ1n) is 6.92. The first-order valence-corrected chi connectivity index (χ1v) is 6.92. The maximum absolute atomic E-state index is 13.1. The van der Waals surface area contributed by atoms with Gasteiger partial charge in [0.25, 0.3) is 0 Å². The van der Waals surface area contributed by atoms with Crippen LogP contribution in [-0.2, 0) is 4.79 Å². The zero-order valence-corrected chi connectivity index (χ0v) is 12.0. The number of methoxy groups -OCH3 is 1. The van der Waals surface area contributed by atoms with E-state index in [1.807, 2.05) is 0 Å². The number of ether oxygens (including phenoxy) is 1. The summed E-state index contributed by atoms with van der Waals surface area (Å²) >= 11 is 0. The van der Waals surface area contributed by atoms with E-state index in [0.717, 1.165) is 5.56 Å². The number of nitrogens with zero attached hydrogens (tertiary/aromatic N) is 1. The summed E-state index contributed by atoms with van der Waals surface area (Å²) in [6, 6.07) is 4.70. The van der Waals surface area contributed by atoms with E-state index >= 15 is 0 Å². The van der Waals surface area contributed by atoms with Gasteiger partial charge in [0, 0.05) is 24.7 Å². The lowest BCUT2D eigenvalue weighted by Gasteiger charge is -2.13. The molecule has 1 aromatic carbocycles. The number of anilines is 1. The van der Waals surface area contributed by atoms with Crippen LogP contribution >= 0.6 is 0 Å². The molecule has 0 bridgehead atoms. The normalized spacial score (nSPS) is 20.8. The SMILES string of the molecule is COc1cc(NC(=O)[C@H]2C[C@@H](F)CN2)ccc1-c1cnco1. The zero-order chi connectivity index (χ0) is 15.5. The maximum atomic E-state index is 13.1. The van der Waals surface area contributed by atoms with Crippen LogP contribution < -0.4 is 15.4 Å². The van der Waals surface area contributed by atoms with Crippen LogP contribution in [-0.4, -0.2) is 36.8 Å². The van der Waals surface area contributed by atoms with Crippen molar-refractivity contribution >= 4 is 11.6 Å². The van der Waals surface area contributed by atoms with E-state index in [1.54, 1.807) is 24.4 Å². The summed E-state index contributed by atoms with van der Waals surface area (Å²) in [6.45, 7) is 0.214. The summed E-state index contributed by atoms with van der Waals surface area (Å²) in [4.78, 5) is 15.9. The van der Waals surface area contributed by atoms with E-state index in [4.69, 9.17) is 9.15 Å². The van der Waals surface area contributed by atoms with Crippen molar-refractivity contribution in [3.05, 3.63) is 30.8 Å². The summed E-state index contributed by atoms with van der Waals surface area (Å²) < 4.78 is 23.7. The van der Waals surface area contributed by atoms with Gasteiger partial charge < -0.3 is 19.8 Å². The third-order valence-electron chi connectivity index (χ3n) is 3.56. The minimum absolute atomic E-state index is 0.194. The van der Waals surface area contributed by atoms with Gasteiger partial charge in [-0.1, -0.05) is 0 Å². The number of amides is 1. The number of aromatic nitrogens is 1. The molecule has 0 radical (unpaired) electrons. The zero-order valence-electron chi connectivity index (χ0n) is 12.0. The van der Waals surface area contributed by atoms with Gasteiger partial charge in [0.1, 0.15) is 11.9 Å². The predicted molar refractivity (Wildman–Crippen MR) is 78.4 cm³/mol. The standard InChI is InChI=1S/C15H16FN3O3/c1-21-13-5-10(2-3-11(13)14-7-17-8-22-14)19-15(20)12-4-9(16)6-18-12/h2-3,5,7-9,12,18H,4,6H2,1H3,(H,19,20)/t9-,12-/m1/s1. The molecule has 2 atom stereocenters. The van der Waals surface area contributed by atoms with Crippen LogP contribution in [0.5, 0.6) is 5.75 Å². The first kappa shape index (κ1) is 14.5. The van der Waals surface area contributed by atoms with Crippen molar-refractivity contribution in [1.29, 1.82) is 0 Å². The maximum Gasteiger partial charge on any atom is 0.241 e. The molecule has 6 nitrogen and oxygen atoms in total. The van der Waals surface area contributed by atoms with Gasteiger partial charge in [-0.2, -0.15) is 0 Å². The molecule has 3 rings (SSSR count). The molecule has 0 aliphatic carbocycles. The fraction of sp³-hybridized carbons (Fsp3) is 0.333. The largest absolute Gasteiger partial charge is 0.496 e. The second-order valence-electron chi connectivity index (χ2n) is 5.06. The second kappa shape index (κ2) is 6.15. The highest BCUT2D eigenvalue weighted by atomic mass is 19.1. The molecule has 7 heteroatoms. The summed E-state index contributed by atoms with van der Waals surface area (Å²) in [5.41, 5.74) is 1.31. The number of nitrogens with one attached hydrogen (secondary N) is 2. The van der Waals surface area contributed by atoms with Gasteiger partial charge in [-0.15, -0.1) is 0 Å². The topological polar surface area (TPSA) is 76.4 Å². The van der Waals surface area contributed by atoms with Crippen LogP contribution in [0.15, 0.2) is 35.2 Å². The lowest BCUT2D eigenvalue weighted by molar-refractivity contribution is -0.117. The Morgan fingerprint density at radius 2 is 2.41 bits per heavy atom. The highest BCUT2D eigenvalue weighted by Crippen LogP contribution is 2.32. The van der Waals surface area contributed by atoms with Crippen molar-refractivity contribution in [1.82, 2.24) is 10.3 Å². The molecule has 0 spiro atoms. The number of carbonyl (C=O) groups excluding carboxylic acids is 1. The number of alkyl halides is 1. The second-order valence-corrected chi connectivity index (χ2v) is 5.06. The number of hydrogen-bond donors (Lipinski definition) is 2. The van der Waals surface area contributed by atoms with E-state index in [1.165, 1.54) is 13.5 Å². The number of halogens is 1. The number of hydrogen-bond acceptors (Lipinski definition) is 5. The lowest BCUT2D eigenvalue weighted by atomic mass is 10.1. The van der Waals surface area contributed by atoms with Crippen LogP contribution in [0.2, 0.25) is 0 Å². The summed E-state index contributed by atoms with van der Waals surface area (Å²) in [6.07, 6.45) is 2.14. The molecule has 2 aromatic rings. The summed E-state index contributed by atoms with van der Waals surface area (Å²) in [7, 11) is 1.53. The smallest absolute Gasteiger partial charge is 0.241 e. The molecule has 1 aromatic heterocycles. The molecule has 2 N–H and O–H groups in total. The number of oxazole rings is 1. The van der Waals surface area contributed by atoms with Gasteiger partial charge in [-0.3, -0.25) is 4.79 Å². The van der Waals surface area contributed by atoms with Gasteiger partial charge in [-0.05, 0) is 12.1 Å². The van der Waals surface area contributed by atoms with Gasteiger partial charge >= 0.3 is 0 Å². The lowest BCUT2D eigenvalue weighted by Crippen LogP contribution is -2.35. The molecule has 1 amide bonds. The van der Waals surface area contributed by atoms with Crippen LogP contribution in [0.25, 0.3) is 11.3 Å². The average Bonchev–Trinajstić information content (AvgIpc) is 3.18. The Morgan fingerprint density at radius 3 is 3.05 bits per heavy atom. The summed E-state index contributed by atoms with van der Waals surface area (Å²) in [5, 5.41) is 5.60. The fourth-order valence-electron chi connectivity index (χ4n) is 2.44. The van der Waals surface area contributed by atoms with E-state index in [0.29, 0.717) is 17.2 Å². The fourth-order valence-corrected chi connectivity index (χ4v) is 2.44. The number of rotatable bonds is 4. The van der Waals surface area contributed by atoms with Crippen LogP contribution in [0, 0.1) is 0 Å². The third kappa shape index (κ3) is 2.94. The molecular weight excluding hydrogens is 289 g/mol. The Hall–Kier alpha value is -2.41. The Bertz CT molecular complexity index is 660. The molecule has 0 unspecified atom stereocenters. The molecule has 1 aliphatic rings. The van der Waals surface area contributed by atoms with Crippen LogP contribution in [0.3, 0.4) is 0 Å². The highest BCUT2D eigenvalue weighted by Gasteiger charge is 2.29. The summed E-state index contributed by atoms with van der Waals surface area (Å²) in [5.74, 6) is 0.874. The molecule has 0 saturated carbocycles. The molecular formula is C15H16FN3O3. The van der Waals surface area contributed by atoms with E-state index in [-0.39, 0.29) is 18.9 Å². The van der Waals surface area contributed by atoms with Crippen LogP contribution in [0.4, 0.5) is 10.1 Å². The van der Waals surface area contributed by atoms with Crippen molar-refractivity contribution in [2.24, 2.45) is 0 Å². The van der Waals surface area contributed by atoms with E-state index < -0.39 is 12.2 Å². The van der Waals surface area contributed by atoms with Crippen molar-refractivity contribution in [3.63, 3.8) is 0 Å². The molecule has 2 heterocycles. The van der Waals surface area contributed by atoms with Gasteiger partial charge in [0.15, 0.2) is 12.2 Å². The molecule has 22 heavy (non-hydrogen) atoms. The van der Waals surface area contributed by atoms with Crippen molar-refractivity contribution in [2.45, 2.75) is 18.6 Å². The van der Waals surface area contributed by atoms with Gasteiger partial charge in [0.2, 0.25) is 5.91 Å². The average molecular weight is 305 g/mol. The van der Waals surface area contributed by atoms with Crippen molar-refractivity contribution < 1.29 is 18.3 Å². The number of benzene rings is 1. The van der Waals surface area contributed by atoms with Crippen LogP contribution in [0.1, 0.15) is 6.42 Å². The van der Waals surface area contributed by atoms with Gasteiger partial charge in [-0.25, -0.2) is 9.37 Å². The third-order valence-corrected chi connectivity index (χ3v) is 3.56. The Balaban J connectivity index is 1.76. The van der Waals surface area contributed by atoms with Crippen molar-refractivity contribution in [3.8, 4) is 17.1 Å². The minimum atomic E-state index is -0.973. The predicted octanol–water partition coefficient (Wildman–Crippen LogP) is 1.99. The quantitative estimate of drug-likeness (QED) is 0.903. The Labute approximate surface area is 126 Å². The van der Waals surface area contributed by atoms with E-state index in [9.17, 15) is 9.18 Å². The highest BCUT2D eigenvalue weighted by molar-refractivity contribution is 5.95. The minimum Gasteiger partial charge on any atom is -0.496 e. The van der Waals surface area contributed by atoms with Crippen molar-refractivity contribution in [2.75, 3.05) is 19.0 Å². The first-order chi connectivity index (χ1) is 10.7.